The number of carbonyl (C=O) groups excluding carboxylic acids is 1. The first-order chi connectivity index (χ1) is 6.16. The second kappa shape index (κ2) is 3.86. The Kier molecular flexibility index (Phi) is 2.81. The summed E-state index contributed by atoms with van der Waals surface area (Å²) in [5.41, 5.74) is 2.62. The van der Waals surface area contributed by atoms with Crippen molar-refractivity contribution in [3.8, 4) is 0 Å². The van der Waals surface area contributed by atoms with Crippen molar-refractivity contribution in [3.63, 3.8) is 0 Å². The Balaban J connectivity index is 3.12. The highest BCUT2D eigenvalue weighted by Crippen LogP contribution is 2.15. The molecule has 2 N–H and O–H groups in total. The van der Waals surface area contributed by atoms with Gasteiger partial charge in [-0.1, -0.05) is 0 Å². The number of carbonyl (C=O) groups is 1. The molecule has 70 valence electrons. The summed E-state index contributed by atoms with van der Waals surface area (Å²) in [7, 11) is 3.62. The third-order valence-corrected chi connectivity index (χ3v) is 1.63. The number of pyridine rings is 1. The molecule has 1 aromatic heterocycles. The van der Waals surface area contributed by atoms with Crippen molar-refractivity contribution < 1.29 is 10.0 Å². The zero-order valence-electron chi connectivity index (χ0n) is 7.48. The fourth-order valence-electron chi connectivity index (χ4n) is 1.01. The number of nitrogens with zero attached hydrogens (tertiary/aromatic N) is 2. The summed E-state index contributed by atoms with van der Waals surface area (Å²) in [6.07, 6.45) is 2.99. The molecule has 0 unspecified atom stereocenters. The van der Waals surface area contributed by atoms with Gasteiger partial charge < -0.3 is 4.90 Å². The van der Waals surface area contributed by atoms with Gasteiger partial charge in [0.15, 0.2) is 0 Å². The van der Waals surface area contributed by atoms with E-state index in [0.717, 1.165) is 0 Å². The van der Waals surface area contributed by atoms with Crippen LogP contribution in [0.15, 0.2) is 18.5 Å². The molecule has 1 amide bonds. The predicted molar refractivity (Wildman–Crippen MR) is 47.8 cm³/mol. The van der Waals surface area contributed by atoms with Gasteiger partial charge in [-0.15, -0.1) is 0 Å². The lowest BCUT2D eigenvalue weighted by molar-refractivity contribution is 0.0706. The minimum Gasteiger partial charge on any atom is -0.377 e. The third kappa shape index (κ3) is 1.94. The van der Waals surface area contributed by atoms with Crippen LogP contribution in [0.2, 0.25) is 0 Å². The normalized spacial score (nSPS) is 9.46. The lowest BCUT2D eigenvalue weighted by Gasteiger charge is -2.15. The molecule has 1 rings (SSSR count). The van der Waals surface area contributed by atoms with Crippen molar-refractivity contribution in [2.24, 2.45) is 0 Å². The topological polar surface area (TPSA) is 65.5 Å². The first-order valence-electron chi connectivity index (χ1n) is 3.72. The van der Waals surface area contributed by atoms with E-state index in [4.69, 9.17) is 5.21 Å². The van der Waals surface area contributed by atoms with Crippen molar-refractivity contribution >= 4 is 11.6 Å². The second-order valence-corrected chi connectivity index (χ2v) is 2.73. The molecule has 1 aromatic rings. The fraction of sp³-hybridized carbons (Fsp3) is 0.250. The van der Waals surface area contributed by atoms with Crippen LogP contribution in [0, 0.1) is 0 Å². The Labute approximate surface area is 76.0 Å². The summed E-state index contributed by atoms with van der Waals surface area (Å²) in [5, 5.41) is 8.45. The number of amides is 1. The van der Waals surface area contributed by atoms with E-state index in [2.05, 4.69) is 4.98 Å². The molecule has 0 saturated heterocycles. The average Bonchev–Trinajstić information content (AvgIpc) is 2.16. The molecule has 0 aliphatic heterocycles. The van der Waals surface area contributed by atoms with Gasteiger partial charge in [-0.25, -0.2) is 5.48 Å². The quantitative estimate of drug-likeness (QED) is 0.507. The van der Waals surface area contributed by atoms with Gasteiger partial charge in [0, 0.05) is 26.5 Å². The number of aromatic nitrogens is 1. The third-order valence-electron chi connectivity index (χ3n) is 1.63. The van der Waals surface area contributed by atoms with Crippen molar-refractivity contribution in [2.45, 2.75) is 0 Å². The molecule has 0 spiro atoms. The van der Waals surface area contributed by atoms with E-state index >= 15 is 0 Å². The highest BCUT2D eigenvalue weighted by Gasteiger charge is 2.11. The Morgan fingerprint density at radius 3 is 2.85 bits per heavy atom. The number of hydroxylamine groups is 1. The van der Waals surface area contributed by atoms with Crippen LogP contribution in [-0.4, -0.2) is 30.2 Å². The van der Waals surface area contributed by atoms with Crippen LogP contribution in [0.1, 0.15) is 10.4 Å². The predicted octanol–water partition coefficient (Wildman–Crippen LogP) is 0.267. The molecule has 1 heterocycles. The van der Waals surface area contributed by atoms with Crippen LogP contribution in [0.3, 0.4) is 0 Å². The van der Waals surface area contributed by atoms with E-state index in [-0.39, 0.29) is 0 Å². The maximum Gasteiger partial charge on any atom is 0.278 e. The first kappa shape index (κ1) is 9.47. The van der Waals surface area contributed by atoms with E-state index in [1.165, 1.54) is 6.20 Å². The van der Waals surface area contributed by atoms with E-state index in [0.29, 0.717) is 11.3 Å². The lowest BCUT2D eigenvalue weighted by Crippen LogP contribution is -2.22. The second-order valence-electron chi connectivity index (χ2n) is 2.73. The zero-order valence-corrected chi connectivity index (χ0v) is 7.48. The molecule has 0 fully saturated rings. The molecule has 5 nitrogen and oxygen atoms in total. The maximum atomic E-state index is 11.1. The molecule has 0 saturated carbocycles. The van der Waals surface area contributed by atoms with E-state index in [1.807, 2.05) is 14.1 Å². The standard InChI is InChI=1S/C8H11N3O2/c1-11(2)7-3-4-9-5-6(7)8(12)10-13/h3-5,13H,1-2H3,(H,10,12). The average molecular weight is 181 g/mol. The van der Waals surface area contributed by atoms with Crippen LogP contribution >= 0.6 is 0 Å². The first-order valence-corrected chi connectivity index (χ1v) is 3.72. The molecular formula is C8H11N3O2. The minimum absolute atomic E-state index is 0.343. The van der Waals surface area contributed by atoms with Gasteiger partial charge in [0.25, 0.3) is 5.91 Å². The van der Waals surface area contributed by atoms with Crippen molar-refractivity contribution in [2.75, 3.05) is 19.0 Å². The number of hydrogen-bond donors (Lipinski definition) is 2. The highest BCUT2D eigenvalue weighted by atomic mass is 16.5. The summed E-state index contributed by atoms with van der Waals surface area (Å²) in [4.78, 5) is 16.7. The van der Waals surface area contributed by atoms with Gasteiger partial charge >= 0.3 is 0 Å². The monoisotopic (exact) mass is 181 g/mol. The Morgan fingerprint density at radius 1 is 1.62 bits per heavy atom. The summed E-state index contributed by atoms with van der Waals surface area (Å²) in [6.45, 7) is 0. The SMILES string of the molecule is CN(C)c1ccncc1C(=O)NO. The number of anilines is 1. The largest absolute Gasteiger partial charge is 0.377 e. The number of nitrogens with one attached hydrogen (secondary N) is 1. The van der Waals surface area contributed by atoms with Gasteiger partial charge in [-0.05, 0) is 6.07 Å². The summed E-state index contributed by atoms with van der Waals surface area (Å²) < 4.78 is 0. The van der Waals surface area contributed by atoms with Crippen LogP contribution in [-0.2, 0) is 0 Å². The van der Waals surface area contributed by atoms with E-state index in [1.54, 1.807) is 22.6 Å². The van der Waals surface area contributed by atoms with Crippen LogP contribution in [0.5, 0.6) is 0 Å². The smallest absolute Gasteiger partial charge is 0.278 e. The summed E-state index contributed by atoms with van der Waals surface area (Å²) >= 11 is 0. The molecule has 0 aliphatic rings. The fourth-order valence-corrected chi connectivity index (χ4v) is 1.01. The Morgan fingerprint density at radius 2 is 2.31 bits per heavy atom. The number of rotatable bonds is 2. The van der Waals surface area contributed by atoms with Crippen molar-refractivity contribution in [1.29, 1.82) is 0 Å². The van der Waals surface area contributed by atoms with Crippen LogP contribution in [0.25, 0.3) is 0 Å². The van der Waals surface area contributed by atoms with Crippen LogP contribution < -0.4 is 10.4 Å². The van der Waals surface area contributed by atoms with E-state index < -0.39 is 5.91 Å². The molecule has 0 radical (unpaired) electrons. The molecule has 0 aliphatic carbocycles. The Hall–Kier alpha value is -1.62. The maximum absolute atomic E-state index is 11.1. The minimum atomic E-state index is -0.559. The molecule has 13 heavy (non-hydrogen) atoms. The molecular weight excluding hydrogens is 170 g/mol. The summed E-state index contributed by atoms with van der Waals surface area (Å²) in [5.74, 6) is -0.559. The van der Waals surface area contributed by atoms with Crippen molar-refractivity contribution in [1.82, 2.24) is 10.5 Å². The van der Waals surface area contributed by atoms with Crippen LogP contribution in [0.4, 0.5) is 5.69 Å². The Bertz CT molecular complexity index is 312. The highest BCUT2D eigenvalue weighted by molar-refractivity contribution is 5.98. The van der Waals surface area contributed by atoms with Gasteiger partial charge in [0.05, 0.1) is 11.3 Å². The van der Waals surface area contributed by atoms with Gasteiger partial charge in [-0.3, -0.25) is 15.0 Å². The van der Waals surface area contributed by atoms with Gasteiger partial charge in [-0.2, -0.15) is 0 Å². The number of hydrogen-bond acceptors (Lipinski definition) is 4. The molecule has 0 atom stereocenters. The molecule has 0 aromatic carbocycles. The van der Waals surface area contributed by atoms with Gasteiger partial charge in [0.1, 0.15) is 0 Å². The molecule has 5 heteroatoms. The lowest BCUT2D eigenvalue weighted by atomic mass is 10.2. The van der Waals surface area contributed by atoms with Crippen molar-refractivity contribution in [3.05, 3.63) is 24.0 Å². The van der Waals surface area contributed by atoms with Gasteiger partial charge in [0.2, 0.25) is 0 Å². The molecule has 0 bridgehead atoms. The summed E-state index contributed by atoms with van der Waals surface area (Å²) in [6, 6.07) is 1.70. The zero-order chi connectivity index (χ0) is 9.84. The van der Waals surface area contributed by atoms with E-state index in [9.17, 15) is 4.79 Å².